The summed E-state index contributed by atoms with van der Waals surface area (Å²) in [5, 5.41) is 20.8. The molecule has 1 saturated carbocycles. The van der Waals surface area contributed by atoms with Gasteiger partial charge in [0.2, 0.25) is 0 Å². The van der Waals surface area contributed by atoms with Crippen molar-refractivity contribution in [2.24, 2.45) is 5.92 Å². The van der Waals surface area contributed by atoms with Crippen molar-refractivity contribution in [2.45, 2.75) is 50.7 Å². The first-order valence-electron chi connectivity index (χ1n) is 8.77. The molecular formula is C21H24O3. The summed E-state index contributed by atoms with van der Waals surface area (Å²) >= 11 is 0. The van der Waals surface area contributed by atoms with Gasteiger partial charge < -0.3 is 14.9 Å². The van der Waals surface area contributed by atoms with E-state index in [1.54, 1.807) is 12.1 Å². The van der Waals surface area contributed by atoms with Gasteiger partial charge >= 0.3 is 0 Å². The Bertz CT molecular complexity index is 752. The monoisotopic (exact) mass is 324 g/mol. The number of fused-ring (bicyclic) bond motifs is 3. The third kappa shape index (κ3) is 2.48. The predicted octanol–water partition coefficient (Wildman–Crippen LogP) is 4.47. The number of hydrogen-bond donors (Lipinski definition) is 2. The Balaban J connectivity index is 1.79. The van der Waals surface area contributed by atoms with Crippen molar-refractivity contribution in [3.05, 3.63) is 59.2 Å². The lowest BCUT2D eigenvalue weighted by atomic mass is 9.80. The number of phenolic OH excluding ortho intramolecular Hbond substituents is 1. The first-order valence-corrected chi connectivity index (χ1v) is 8.77. The van der Waals surface area contributed by atoms with Crippen molar-refractivity contribution >= 4 is 0 Å². The molecule has 2 aliphatic rings. The van der Waals surface area contributed by atoms with Gasteiger partial charge in [0.25, 0.3) is 0 Å². The zero-order valence-electron chi connectivity index (χ0n) is 14.2. The quantitative estimate of drug-likeness (QED) is 0.857. The zero-order chi connectivity index (χ0) is 16.9. The normalized spacial score (nSPS) is 31.2. The largest absolute Gasteiger partial charge is 0.508 e. The fourth-order valence-corrected chi connectivity index (χ4v) is 4.40. The van der Waals surface area contributed by atoms with Crippen LogP contribution < -0.4 is 4.74 Å². The van der Waals surface area contributed by atoms with Gasteiger partial charge in [0.1, 0.15) is 17.6 Å². The van der Waals surface area contributed by atoms with E-state index in [2.05, 4.69) is 31.2 Å². The van der Waals surface area contributed by atoms with Gasteiger partial charge in [-0.1, -0.05) is 36.8 Å². The van der Waals surface area contributed by atoms with E-state index in [-0.39, 0.29) is 23.7 Å². The molecule has 0 saturated heterocycles. The Kier molecular flexibility index (Phi) is 3.57. The molecule has 0 aromatic heterocycles. The average Bonchev–Trinajstić information content (AvgIpc) is 2.94. The molecule has 1 aliphatic heterocycles. The molecule has 4 rings (SSSR count). The summed E-state index contributed by atoms with van der Waals surface area (Å²) in [5.74, 6) is 1.54. The first kappa shape index (κ1) is 15.5. The molecule has 0 bridgehead atoms. The highest BCUT2D eigenvalue weighted by Gasteiger charge is 2.50. The van der Waals surface area contributed by atoms with Gasteiger partial charge in [0.15, 0.2) is 0 Å². The second-order valence-electron chi connectivity index (χ2n) is 7.43. The number of ether oxygens (including phenoxy) is 1. The number of hydrogen-bond acceptors (Lipinski definition) is 3. The van der Waals surface area contributed by atoms with Crippen LogP contribution in [0.4, 0.5) is 0 Å². The van der Waals surface area contributed by atoms with E-state index in [0.29, 0.717) is 0 Å². The molecule has 2 aromatic rings. The fourth-order valence-electron chi connectivity index (χ4n) is 4.40. The SMILES string of the molecule is CC[C@@]1(O)C[C@H]2[C@@H](C1)c1cc(O)ccc1O[C@H]2c1ccc(C)cc1. The predicted molar refractivity (Wildman–Crippen MR) is 93.4 cm³/mol. The number of benzene rings is 2. The summed E-state index contributed by atoms with van der Waals surface area (Å²) < 4.78 is 6.34. The smallest absolute Gasteiger partial charge is 0.127 e. The highest BCUT2D eigenvalue weighted by atomic mass is 16.5. The molecule has 4 atom stereocenters. The molecular weight excluding hydrogens is 300 g/mol. The average molecular weight is 324 g/mol. The van der Waals surface area contributed by atoms with E-state index >= 15 is 0 Å². The summed E-state index contributed by atoms with van der Waals surface area (Å²) in [6, 6.07) is 13.8. The van der Waals surface area contributed by atoms with E-state index in [4.69, 9.17) is 4.74 Å². The van der Waals surface area contributed by atoms with Gasteiger partial charge in [0.05, 0.1) is 5.60 Å². The third-order valence-corrected chi connectivity index (χ3v) is 5.83. The highest BCUT2D eigenvalue weighted by Crippen LogP contribution is 2.57. The molecule has 3 nitrogen and oxygen atoms in total. The Morgan fingerprint density at radius 2 is 1.88 bits per heavy atom. The summed E-state index contributed by atoms with van der Waals surface area (Å²) in [4.78, 5) is 0. The van der Waals surface area contributed by atoms with Crippen LogP contribution >= 0.6 is 0 Å². The van der Waals surface area contributed by atoms with E-state index in [1.165, 1.54) is 5.56 Å². The summed E-state index contributed by atoms with van der Waals surface area (Å²) in [6.07, 6.45) is 2.17. The minimum Gasteiger partial charge on any atom is -0.508 e. The van der Waals surface area contributed by atoms with Crippen LogP contribution in [-0.4, -0.2) is 15.8 Å². The fraction of sp³-hybridized carbons (Fsp3) is 0.429. The van der Waals surface area contributed by atoms with Crippen LogP contribution in [-0.2, 0) is 0 Å². The maximum atomic E-state index is 10.9. The standard InChI is InChI=1S/C21H24O3/c1-3-21(23)11-17-16-10-15(22)8-9-19(16)24-20(18(17)12-21)14-6-4-13(2)5-7-14/h4-10,17-18,20,22-23H,3,11-12H2,1-2H3/t17-,18-,20-,21-/m0/s1. The zero-order valence-corrected chi connectivity index (χ0v) is 14.2. The topological polar surface area (TPSA) is 49.7 Å². The molecule has 126 valence electrons. The Morgan fingerprint density at radius 3 is 2.58 bits per heavy atom. The van der Waals surface area contributed by atoms with Crippen molar-refractivity contribution in [3.63, 3.8) is 0 Å². The van der Waals surface area contributed by atoms with Gasteiger partial charge in [-0.3, -0.25) is 0 Å². The maximum absolute atomic E-state index is 10.9. The Morgan fingerprint density at radius 1 is 1.12 bits per heavy atom. The number of aliphatic hydroxyl groups is 1. The minimum absolute atomic E-state index is 0.0479. The van der Waals surface area contributed by atoms with Crippen LogP contribution in [0.5, 0.6) is 11.5 Å². The van der Waals surface area contributed by atoms with Gasteiger partial charge in [0, 0.05) is 11.5 Å². The van der Waals surface area contributed by atoms with Crippen molar-refractivity contribution in [1.29, 1.82) is 0 Å². The van der Waals surface area contributed by atoms with Crippen molar-refractivity contribution < 1.29 is 14.9 Å². The van der Waals surface area contributed by atoms with Crippen LogP contribution in [0.2, 0.25) is 0 Å². The Hall–Kier alpha value is -2.00. The van der Waals surface area contributed by atoms with E-state index in [9.17, 15) is 10.2 Å². The number of phenols is 1. The maximum Gasteiger partial charge on any atom is 0.127 e. The van der Waals surface area contributed by atoms with Crippen molar-refractivity contribution in [3.8, 4) is 11.5 Å². The van der Waals surface area contributed by atoms with Crippen LogP contribution in [0.1, 0.15) is 54.9 Å². The number of aryl methyl sites for hydroxylation is 1. The van der Waals surface area contributed by atoms with E-state index in [1.807, 2.05) is 13.0 Å². The third-order valence-electron chi connectivity index (χ3n) is 5.83. The van der Waals surface area contributed by atoms with Gasteiger partial charge in [-0.15, -0.1) is 0 Å². The number of aromatic hydroxyl groups is 1. The molecule has 0 unspecified atom stereocenters. The lowest BCUT2D eigenvalue weighted by Gasteiger charge is -2.36. The van der Waals surface area contributed by atoms with Crippen molar-refractivity contribution in [1.82, 2.24) is 0 Å². The minimum atomic E-state index is -0.644. The van der Waals surface area contributed by atoms with Gasteiger partial charge in [-0.2, -0.15) is 0 Å². The molecule has 1 aliphatic carbocycles. The molecule has 2 aromatic carbocycles. The van der Waals surface area contributed by atoms with Crippen LogP contribution in [0, 0.1) is 12.8 Å². The van der Waals surface area contributed by atoms with E-state index < -0.39 is 5.60 Å². The molecule has 0 spiro atoms. The molecule has 24 heavy (non-hydrogen) atoms. The van der Waals surface area contributed by atoms with Gasteiger partial charge in [-0.25, -0.2) is 0 Å². The van der Waals surface area contributed by atoms with Crippen LogP contribution in [0.3, 0.4) is 0 Å². The van der Waals surface area contributed by atoms with Crippen molar-refractivity contribution in [2.75, 3.05) is 0 Å². The molecule has 0 radical (unpaired) electrons. The second kappa shape index (κ2) is 5.52. The Labute approximate surface area is 142 Å². The lowest BCUT2D eigenvalue weighted by Crippen LogP contribution is -2.27. The molecule has 0 amide bonds. The molecule has 1 fully saturated rings. The molecule has 1 heterocycles. The summed E-state index contributed by atoms with van der Waals surface area (Å²) in [7, 11) is 0. The van der Waals surface area contributed by atoms with Gasteiger partial charge in [-0.05, 0) is 55.9 Å². The van der Waals surface area contributed by atoms with Crippen LogP contribution in [0.15, 0.2) is 42.5 Å². The van der Waals surface area contributed by atoms with Crippen LogP contribution in [0.25, 0.3) is 0 Å². The summed E-state index contributed by atoms with van der Waals surface area (Å²) in [6.45, 7) is 4.13. The highest BCUT2D eigenvalue weighted by molar-refractivity contribution is 5.46. The first-order chi connectivity index (χ1) is 11.5. The molecule has 2 N–H and O–H groups in total. The second-order valence-corrected chi connectivity index (χ2v) is 7.43. The number of rotatable bonds is 2. The molecule has 3 heteroatoms. The summed E-state index contributed by atoms with van der Waals surface area (Å²) in [5.41, 5.74) is 2.78. The van der Waals surface area contributed by atoms with E-state index in [0.717, 1.165) is 36.1 Å². The lowest BCUT2D eigenvalue weighted by molar-refractivity contribution is 0.0295.